The van der Waals surface area contributed by atoms with Crippen LogP contribution in [-0.4, -0.2) is 18.0 Å². The number of para-hydroxylation sites is 1. The molecular formula is C50H47FIrN2OSi-2. The Morgan fingerprint density at radius 3 is 2.12 bits per heavy atom. The Morgan fingerprint density at radius 2 is 1.41 bits per heavy atom. The molecule has 0 atom stereocenters. The van der Waals surface area contributed by atoms with Gasteiger partial charge in [0, 0.05) is 43.4 Å². The number of pyridine rings is 2. The molecule has 8 rings (SSSR count). The third kappa shape index (κ3) is 9.00. The first-order valence-corrected chi connectivity index (χ1v) is 22.6. The monoisotopic (exact) mass is 931 g/mol. The molecule has 0 aliphatic heterocycles. The Labute approximate surface area is 345 Å². The SMILES string of the molecule is CC(C)Cc1cc(-c2[c-]ccc(-c3ccccc3)c2)ncc1[Si](C)(C)C.CC(C)c1ccnc(-c2[c-]ccc3c2oc2c(-c4ccc(F)cc4)cccc23)c1.[Ir]. The van der Waals surface area contributed by atoms with Crippen molar-refractivity contribution in [1.82, 2.24) is 9.97 Å². The molecule has 285 valence electrons. The summed E-state index contributed by atoms with van der Waals surface area (Å²) in [5, 5.41) is 3.53. The summed E-state index contributed by atoms with van der Waals surface area (Å²) < 4.78 is 19.8. The largest absolute Gasteiger partial charge is 0.500 e. The number of fused-ring (bicyclic) bond motifs is 3. The summed E-state index contributed by atoms with van der Waals surface area (Å²) in [6, 6.07) is 46.4. The van der Waals surface area contributed by atoms with Crippen molar-refractivity contribution in [2.45, 2.75) is 59.7 Å². The quantitative estimate of drug-likeness (QED) is 0.113. The summed E-state index contributed by atoms with van der Waals surface area (Å²) in [6.45, 7) is 16.1. The van der Waals surface area contributed by atoms with Crippen molar-refractivity contribution < 1.29 is 28.9 Å². The zero-order valence-electron chi connectivity index (χ0n) is 33.1. The molecular weight excluding hydrogens is 884 g/mol. The van der Waals surface area contributed by atoms with E-state index in [0.717, 1.165) is 62.0 Å². The molecule has 0 aliphatic carbocycles. The summed E-state index contributed by atoms with van der Waals surface area (Å²) in [7, 11) is -1.40. The second-order valence-corrected chi connectivity index (χ2v) is 21.0. The van der Waals surface area contributed by atoms with Crippen LogP contribution in [0.25, 0.3) is 66.7 Å². The zero-order chi connectivity index (χ0) is 38.7. The number of nitrogens with zero attached hydrogens (tertiary/aromatic N) is 2. The Hall–Kier alpha value is -5.00. The van der Waals surface area contributed by atoms with Gasteiger partial charge in [0.15, 0.2) is 0 Å². The number of hydrogen-bond acceptors (Lipinski definition) is 3. The molecule has 0 bridgehead atoms. The number of halogens is 1. The number of furan rings is 1. The molecule has 0 N–H and O–H groups in total. The topological polar surface area (TPSA) is 38.9 Å². The van der Waals surface area contributed by atoms with Gasteiger partial charge in [0.25, 0.3) is 0 Å². The third-order valence-corrected chi connectivity index (χ3v) is 12.0. The van der Waals surface area contributed by atoms with Crippen molar-refractivity contribution in [3.8, 4) is 44.8 Å². The first-order valence-electron chi connectivity index (χ1n) is 19.1. The van der Waals surface area contributed by atoms with E-state index < -0.39 is 8.07 Å². The molecule has 0 saturated heterocycles. The first-order chi connectivity index (χ1) is 26.5. The third-order valence-electron chi connectivity index (χ3n) is 9.93. The van der Waals surface area contributed by atoms with Crippen molar-refractivity contribution in [3.05, 3.63) is 163 Å². The van der Waals surface area contributed by atoms with E-state index in [2.05, 4.69) is 125 Å². The predicted molar refractivity (Wildman–Crippen MR) is 231 cm³/mol. The average molecular weight is 931 g/mol. The fourth-order valence-corrected chi connectivity index (χ4v) is 8.70. The van der Waals surface area contributed by atoms with E-state index in [1.54, 1.807) is 12.1 Å². The first kappa shape index (κ1) is 40.7. The summed E-state index contributed by atoms with van der Waals surface area (Å²) in [4.78, 5) is 9.39. The smallest absolute Gasteiger partial charge is 0.128 e. The number of hydrogen-bond donors (Lipinski definition) is 0. The van der Waals surface area contributed by atoms with Gasteiger partial charge in [-0.3, -0.25) is 0 Å². The van der Waals surface area contributed by atoms with E-state index in [4.69, 9.17) is 9.40 Å². The molecule has 6 heteroatoms. The molecule has 3 nitrogen and oxygen atoms in total. The van der Waals surface area contributed by atoms with Crippen LogP contribution in [0, 0.1) is 23.9 Å². The van der Waals surface area contributed by atoms with Gasteiger partial charge in [-0.05, 0) is 64.2 Å². The van der Waals surface area contributed by atoms with Crippen LogP contribution < -0.4 is 5.19 Å². The van der Waals surface area contributed by atoms with E-state index in [-0.39, 0.29) is 25.9 Å². The molecule has 56 heavy (non-hydrogen) atoms. The van der Waals surface area contributed by atoms with Crippen LogP contribution in [0.3, 0.4) is 0 Å². The minimum Gasteiger partial charge on any atom is -0.500 e. The van der Waals surface area contributed by atoms with Crippen molar-refractivity contribution in [3.63, 3.8) is 0 Å². The van der Waals surface area contributed by atoms with Gasteiger partial charge < -0.3 is 14.4 Å². The van der Waals surface area contributed by atoms with Gasteiger partial charge in [-0.2, -0.15) is 0 Å². The van der Waals surface area contributed by atoms with Crippen LogP contribution in [0.1, 0.15) is 44.7 Å². The molecule has 3 aromatic heterocycles. The van der Waals surface area contributed by atoms with E-state index in [1.165, 1.54) is 39.6 Å². The maximum Gasteiger partial charge on any atom is 0.128 e. The number of benzene rings is 5. The zero-order valence-corrected chi connectivity index (χ0v) is 36.5. The summed E-state index contributed by atoms with van der Waals surface area (Å²) in [5.41, 5.74) is 12.3. The molecule has 8 aromatic rings. The Morgan fingerprint density at radius 1 is 0.679 bits per heavy atom. The molecule has 1 radical (unpaired) electrons. The summed E-state index contributed by atoms with van der Waals surface area (Å²) in [6.07, 6.45) is 5.07. The Bertz CT molecular complexity index is 2570. The normalized spacial score (nSPS) is 11.5. The van der Waals surface area contributed by atoms with E-state index >= 15 is 0 Å². The molecule has 3 heterocycles. The van der Waals surface area contributed by atoms with Crippen molar-refractivity contribution in [2.24, 2.45) is 5.92 Å². The van der Waals surface area contributed by atoms with E-state index in [0.29, 0.717) is 11.8 Å². The molecule has 0 aliphatic rings. The number of aromatic nitrogens is 2. The van der Waals surface area contributed by atoms with E-state index in [9.17, 15) is 4.39 Å². The average Bonchev–Trinajstić information content (AvgIpc) is 3.58. The van der Waals surface area contributed by atoms with Gasteiger partial charge in [-0.25, -0.2) is 4.39 Å². The predicted octanol–water partition coefficient (Wildman–Crippen LogP) is 13.3. The standard InChI is InChI=1S/C26H19FNO.C24H28NSi.Ir/c1-16(2)18-13-14-28-24(15-18)23-8-4-7-22-21-6-3-5-20(25(21)29-26(22)23)17-9-11-19(27)12-10-17;1-18(2)14-22-16-23(25-17-24(22)26(3,4)5)21-13-9-12-20(15-21)19-10-7-6-8-11-19;/h3-7,9-16H,1-2H3;6-12,15-18H,14H2,1-5H3;/q2*-1;. The minimum atomic E-state index is -1.40. The minimum absolute atomic E-state index is 0. The maximum atomic E-state index is 13.4. The molecule has 0 amide bonds. The van der Waals surface area contributed by atoms with Crippen LogP contribution >= 0.6 is 0 Å². The van der Waals surface area contributed by atoms with Crippen LogP contribution in [0.2, 0.25) is 19.6 Å². The molecule has 0 saturated carbocycles. The van der Waals surface area contributed by atoms with Crippen LogP contribution in [0.15, 0.2) is 138 Å². The van der Waals surface area contributed by atoms with Crippen LogP contribution in [0.5, 0.6) is 0 Å². The second kappa shape index (κ2) is 17.4. The van der Waals surface area contributed by atoms with Gasteiger partial charge in [0.1, 0.15) is 11.4 Å². The van der Waals surface area contributed by atoms with Gasteiger partial charge >= 0.3 is 0 Å². The van der Waals surface area contributed by atoms with Crippen molar-refractivity contribution in [1.29, 1.82) is 0 Å². The van der Waals surface area contributed by atoms with E-state index in [1.807, 2.05) is 48.7 Å². The van der Waals surface area contributed by atoms with Gasteiger partial charge in [-0.15, -0.1) is 53.6 Å². The number of rotatable bonds is 8. The fraction of sp³-hybridized carbons (Fsp3) is 0.200. The Kier molecular flexibility index (Phi) is 12.6. The van der Waals surface area contributed by atoms with Crippen LogP contribution in [0.4, 0.5) is 4.39 Å². The van der Waals surface area contributed by atoms with Crippen molar-refractivity contribution in [2.75, 3.05) is 0 Å². The summed E-state index contributed by atoms with van der Waals surface area (Å²) >= 11 is 0. The molecule has 0 fully saturated rings. The van der Waals surface area contributed by atoms with Gasteiger partial charge in [0.05, 0.1) is 13.7 Å². The summed E-state index contributed by atoms with van der Waals surface area (Å²) in [5.74, 6) is 0.801. The molecule has 5 aromatic carbocycles. The van der Waals surface area contributed by atoms with Gasteiger partial charge in [-0.1, -0.05) is 142 Å². The Balaban J connectivity index is 0.000000188. The fourth-order valence-electron chi connectivity index (χ4n) is 7.11. The second-order valence-electron chi connectivity index (χ2n) is 15.9. The van der Waals surface area contributed by atoms with Crippen LogP contribution in [-0.2, 0) is 26.5 Å². The molecule has 0 unspecified atom stereocenters. The maximum absolute atomic E-state index is 13.4. The van der Waals surface area contributed by atoms with Crippen molar-refractivity contribution >= 4 is 35.2 Å². The molecule has 0 spiro atoms. The van der Waals surface area contributed by atoms with Gasteiger partial charge in [0.2, 0.25) is 0 Å².